The molecule has 0 aliphatic heterocycles. The number of nitriles is 1. The Labute approximate surface area is 188 Å². The van der Waals surface area contributed by atoms with Gasteiger partial charge in [0.25, 0.3) is 0 Å². The Kier molecular flexibility index (Phi) is 5.87. The van der Waals surface area contributed by atoms with Gasteiger partial charge in [-0.05, 0) is 65.8 Å². The van der Waals surface area contributed by atoms with Crippen LogP contribution in [0.15, 0.2) is 30.5 Å². The molecule has 2 aromatic rings. The molecule has 0 bridgehead atoms. The summed E-state index contributed by atoms with van der Waals surface area (Å²) in [5.74, 6) is 0.198. The molecule has 1 saturated carbocycles. The molecule has 2 aliphatic rings. The summed E-state index contributed by atoms with van der Waals surface area (Å²) in [5, 5.41) is 20.3. The summed E-state index contributed by atoms with van der Waals surface area (Å²) in [6.07, 6.45) is 8.35. The number of carbonyl (C=O) groups is 2. The van der Waals surface area contributed by atoms with Gasteiger partial charge >= 0.3 is 0 Å². The zero-order chi connectivity index (χ0) is 22.9. The molecule has 6 heteroatoms. The zero-order valence-electron chi connectivity index (χ0n) is 18.7. The largest absolute Gasteiger partial charge is 0.385 e. The van der Waals surface area contributed by atoms with Gasteiger partial charge in [-0.15, -0.1) is 0 Å². The van der Waals surface area contributed by atoms with Crippen LogP contribution in [0, 0.1) is 16.7 Å². The van der Waals surface area contributed by atoms with Crippen LogP contribution >= 0.6 is 0 Å². The lowest BCUT2D eigenvalue weighted by Gasteiger charge is -2.33. The van der Waals surface area contributed by atoms with Crippen molar-refractivity contribution in [2.45, 2.75) is 70.8 Å². The normalized spacial score (nSPS) is 19.8. The Hall–Kier alpha value is -3.04. The summed E-state index contributed by atoms with van der Waals surface area (Å²) in [6, 6.07) is 7.79. The highest BCUT2D eigenvalue weighted by molar-refractivity contribution is 5.95. The first-order valence-electron chi connectivity index (χ1n) is 11.2. The third-order valence-electron chi connectivity index (χ3n) is 6.91. The van der Waals surface area contributed by atoms with E-state index in [-0.39, 0.29) is 34.9 Å². The molecule has 0 atom stereocenters. The van der Waals surface area contributed by atoms with E-state index >= 15 is 0 Å². The predicted molar refractivity (Wildman–Crippen MR) is 121 cm³/mol. The molecule has 166 valence electrons. The third-order valence-corrected chi connectivity index (χ3v) is 6.91. The van der Waals surface area contributed by atoms with Gasteiger partial charge in [0.2, 0.25) is 5.78 Å². The van der Waals surface area contributed by atoms with Crippen molar-refractivity contribution >= 4 is 17.1 Å². The Bertz CT molecular complexity index is 1120. The number of H-pyrrole nitrogens is 1. The second-order valence-electron chi connectivity index (χ2n) is 9.90. The fraction of sp³-hybridized carbons (Fsp3) is 0.462. The second-order valence-corrected chi connectivity index (χ2v) is 9.90. The number of nitrogens with one attached hydrogen (secondary N) is 1. The highest BCUT2D eigenvalue weighted by atomic mass is 16.3. The van der Waals surface area contributed by atoms with Crippen LogP contribution in [0.3, 0.4) is 0 Å². The van der Waals surface area contributed by atoms with Gasteiger partial charge in [0, 0.05) is 19.3 Å². The molecule has 1 heterocycles. The Balaban J connectivity index is 1.69. The average molecular weight is 432 g/mol. The molecule has 32 heavy (non-hydrogen) atoms. The number of ketones is 2. The lowest BCUT2D eigenvalue weighted by atomic mass is 9.74. The number of imidazole rings is 1. The van der Waals surface area contributed by atoms with E-state index in [0.29, 0.717) is 25.7 Å². The first kappa shape index (κ1) is 22.2. The molecule has 1 aromatic heterocycles. The number of benzene rings is 1. The maximum Gasteiger partial charge on any atom is 0.202 e. The fourth-order valence-electron chi connectivity index (χ4n) is 4.65. The van der Waals surface area contributed by atoms with Crippen LogP contribution in [0.25, 0.3) is 5.57 Å². The van der Waals surface area contributed by atoms with Crippen LogP contribution in [0.5, 0.6) is 0 Å². The van der Waals surface area contributed by atoms with Crippen molar-refractivity contribution in [1.82, 2.24) is 9.97 Å². The van der Waals surface area contributed by atoms with Crippen LogP contribution in [0.4, 0.5) is 0 Å². The van der Waals surface area contributed by atoms with E-state index < -0.39 is 5.60 Å². The molecular formula is C26H29N3O3. The maximum absolute atomic E-state index is 12.9. The molecule has 4 rings (SSSR count). The summed E-state index contributed by atoms with van der Waals surface area (Å²) < 4.78 is 0. The summed E-state index contributed by atoms with van der Waals surface area (Å²) in [5.41, 5.74) is 3.38. The van der Waals surface area contributed by atoms with Crippen LogP contribution < -0.4 is 0 Å². The number of carbonyl (C=O) groups excluding carboxylic acids is 2. The molecule has 0 amide bonds. The van der Waals surface area contributed by atoms with E-state index in [4.69, 9.17) is 5.26 Å². The van der Waals surface area contributed by atoms with Gasteiger partial charge in [0.05, 0.1) is 11.8 Å². The standard InChI is InChI=1S/C26H29N3O3/c1-25(2)9-5-17(6-10-25)22-14-19(26(32)11-7-21(30)8-12-26)4-3-18(22)13-23(31)24-28-16-20(15-27)29-24/h3-5,14,16,32H,6-13H2,1-2H3,(H,28,29). The van der Waals surface area contributed by atoms with E-state index in [9.17, 15) is 14.7 Å². The number of hydrogen-bond donors (Lipinski definition) is 2. The van der Waals surface area contributed by atoms with Gasteiger partial charge in [-0.3, -0.25) is 9.59 Å². The Morgan fingerprint density at radius 2 is 1.97 bits per heavy atom. The Morgan fingerprint density at radius 1 is 1.22 bits per heavy atom. The minimum Gasteiger partial charge on any atom is -0.385 e. The van der Waals surface area contributed by atoms with Gasteiger partial charge in [0.1, 0.15) is 17.5 Å². The fourth-order valence-corrected chi connectivity index (χ4v) is 4.65. The number of aliphatic hydroxyl groups is 1. The molecule has 0 spiro atoms. The second kappa shape index (κ2) is 8.48. The van der Waals surface area contributed by atoms with Crippen molar-refractivity contribution in [3.63, 3.8) is 0 Å². The van der Waals surface area contributed by atoms with Crippen LogP contribution in [-0.2, 0) is 16.8 Å². The number of hydrogen-bond acceptors (Lipinski definition) is 5. The number of aromatic nitrogens is 2. The average Bonchev–Trinajstić information content (AvgIpc) is 3.26. The highest BCUT2D eigenvalue weighted by Gasteiger charge is 2.35. The lowest BCUT2D eigenvalue weighted by molar-refractivity contribution is -0.125. The van der Waals surface area contributed by atoms with E-state index in [1.54, 1.807) is 0 Å². The van der Waals surface area contributed by atoms with Crippen molar-refractivity contribution in [2.24, 2.45) is 5.41 Å². The monoisotopic (exact) mass is 431 g/mol. The summed E-state index contributed by atoms with van der Waals surface area (Å²) in [6.45, 7) is 4.51. The van der Waals surface area contributed by atoms with E-state index in [1.165, 1.54) is 11.8 Å². The SMILES string of the molecule is CC1(C)CC=C(c2cc(C3(O)CCC(=O)CC3)ccc2CC(=O)c2ncc(C#N)[nH]2)CC1. The van der Waals surface area contributed by atoms with Crippen molar-refractivity contribution < 1.29 is 14.7 Å². The number of rotatable bonds is 5. The molecular weight excluding hydrogens is 402 g/mol. The molecule has 1 fully saturated rings. The number of aromatic amines is 1. The van der Waals surface area contributed by atoms with Crippen molar-refractivity contribution in [2.75, 3.05) is 0 Å². The summed E-state index contributed by atoms with van der Waals surface area (Å²) >= 11 is 0. The van der Waals surface area contributed by atoms with Gasteiger partial charge in [0.15, 0.2) is 5.82 Å². The molecule has 2 aliphatic carbocycles. The molecule has 0 radical (unpaired) electrons. The minimum atomic E-state index is -1.01. The van der Waals surface area contributed by atoms with Crippen LogP contribution in [0.2, 0.25) is 0 Å². The first-order chi connectivity index (χ1) is 15.2. The number of Topliss-reactive ketones (excluding diaryl/α,β-unsaturated/α-hetero) is 2. The minimum absolute atomic E-state index is 0.158. The predicted octanol–water partition coefficient (Wildman–Crippen LogP) is 4.63. The maximum atomic E-state index is 12.9. The number of nitrogens with zero attached hydrogens (tertiary/aromatic N) is 2. The molecule has 0 saturated heterocycles. The molecule has 2 N–H and O–H groups in total. The van der Waals surface area contributed by atoms with Gasteiger partial charge in [-0.2, -0.15) is 5.26 Å². The number of allylic oxidation sites excluding steroid dienone is 2. The van der Waals surface area contributed by atoms with Crippen LogP contribution in [-0.4, -0.2) is 26.6 Å². The molecule has 1 aromatic carbocycles. The quantitative estimate of drug-likeness (QED) is 0.671. The highest BCUT2D eigenvalue weighted by Crippen LogP contribution is 2.41. The van der Waals surface area contributed by atoms with E-state index in [1.807, 2.05) is 24.3 Å². The van der Waals surface area contributed by atoms with Crippen molar-refractivity contribution in [3.05, 3.63) is 58.7 Å². The van der Waals surface area contributed by atoms with Crippen molar-refractivity contribution in [1.29, 1.82) is 5.26 Å². The van der Waals surface area contributed by atoms with E-state index in [2.05, 4.69) is 29.9 Å². The molecule has 0 unspecified atom stereocenters. The summed E-state index contributed by atoms with van der Waals surface area (Å²) in [4.78, 5) is 31.4. The first-order valence-corrected chi connectivity index (χ1v) is 11.2. The third kappa shape index (κ3) is 4.58. The lowest BCUT2D eigenvalue weighted by Crippen LogP contribution is -2.31. The topological polar surface area (TPSA) is 107 Å². The summed E-state index contributed by atoms with van der Waals surface area (Å²) in [7, 11) is 0. The van der Waals surface area contributed by atoms with Gasteiger partial charge < -0.3 is 10.1 Å². The van der Waals surface area contributed by atoms with E-state index in [0.717, 1.165) is 36.0 Å². The van der Waals surface area contributed by atoms with Gasteiger partial charge in [-0.1, -0.05) is 32.1 Å². The van der Waals surface area contributed by atoms with Gasteiger partial charge in [-0.25, -0.2) is 4.98 Å². The van der Waals surface area contributed by atoms with Crippen LogP contribution in [0.1, 0.15) is 91.8 Å². The Morgan fingerprint density at radius 3 is 2.59 bits per heavy atom. The smallest absolute Gasteiger partial charge is 0.202 e. The zero-order valence-corrected chi connectivity index (χ0v) is 18.7. The molecule has 6 nitrogen and oxygen atoms in total. The van der Waals surface area contributed by atoms with Crippen molar-refractivity contribution in [3.8, 4) is 6.07 Å².